The highest BCUT2D eigenvalue weighted by atomic mass is 35.5. The maximum absolute atomic E-state index is 12.1. The molecule has 0 radical (unpaired) electrons. The third-order valence-electron chi connectivity index (χ3n) is 3.53. The van der Waals surface area contributed by atoms with Crippen LogP contribution in [0, 0.1) is 10.1 Å². The predicted octanol–water partition coefficient (Wildman–Crippen LogP) is 4.93. The van der Waals surface area contributed by atoms with Crippen LogP contribution in [-0.4, -0.2) is 17.0 Å². The van der Waals surface area contributed by atoms with Gasteiger partial charge in [-0.3, -0.25) is 14.9 Å². The van der Waals surface area contributed by atoms with Crippen LogP contribution in [0.5, 0.6) is 0 Å². The first-order chi connectivity index (χ1) is 13.0. The van der Waals surface area contributed by atoms with Gasteiger partial charge in [-0.15, -0.1) is 0 Å². The summed E-state index contributed by atoms with van der Waals surface area (Å²) < 4.78 is 5.60. The normalized spacial score (nSPS) is 10.9. The minimum Gasteiger partial charge on any atom is -0.455 e. The van der Waals surface area contributed by atoms with Crippen LogP contribution in [0.15, 0.2) is 64.1 Å². The topological polar surface area (TPSA) is 97.7 Å². The number of carbonyl (C=O) groups excluding carboxylic acids is 1. The molecule has 0 atom stereocenters. The SMILES string of the molecule is O=C(N/N=C\c1ccc(-c2ccc(Cl)c(Cl)c2)o1)c1ccccc1[N+](=O)[O-]. The van der Waals surface area contributed by atoms with E-state index in [0.29, 0.717) is 21.6 Å². The van der Waals surface area contributed by atoms with Crippen LogP contribution in [0.1, 0.15) is 16.1 Å². The van der Waals surface area contributed by atoms with Crippen molar-refractivity contribution >= 4 is 41.0 Å². The summed E-state index contributed by atoms with van der Waals surface area (Å²) in [5, 5.41) is 15.6. The van der Waals surface area contributed by atoms with Gasteiger partial charge in [-0.2, -0.15) is 5.10 Å². The van der Waals surface area contributed by atoms with Crippen LogP contribution >= 0.6 is 23.2 Å². The highest BCUT2D eigenvalue weighted by molar-refractivity contribution is 6.42. The minimum absolute atomic E-state index is 0.0874. The number of carbonyl (C=O) groups is 1. The molecule has 1 heterocycles. The first-order valence-corrected chi connectivity index (χ1v) is 8.33. The molecule has 3 aromatic rings. The number of hydrazone groups is 1. The number of furan rings is 1. The summed E-state index contributed by atoms with van der Waals surface area (Å²) in [6.45, 7) is 0. The molecular formula is C18H11Cl2N3O4. The van der Waals surface area contributed by atoms with Gasteiger partial charge in [-0.05, 0) is 36.4 Å². The Labute approximate surface area is 163 Å². The molecule has 0 aliphatic heterocycles. The van der Waals surface area contributed by atoms with Gasteiger partial charge in [-0.1, -0.05) is 35.3 Å². The molecule has 0 spiro atoms. The first kappa shape index (κ1) is 18.6. The Balaban J connectivity index is 1.71. The quantitative estimate of drug-likeness (QED) is 0.371. The zero-order chi connectivity index (χ0) is 19.4. The lowest BCUT2D eigenvalue weighted by Gasteiger charge is -2.00. The number of nitrogens with one attached hydrogen (secondary N) is 1. The Hall–Kier alpha value is -3.16. The van der Waals surface area contributed by atoms with E-state index in [4.69, 9.17) is 27.6 Å². The average Bonchev–Trinajstić information content (AvgIpc) is 3.12. The zero-order valence-electron chi connectivity index (χ0n) is 13.6. The number of nitro benzene ring substituents is 1. The maximum atomic E-state index is 12.1. The molecule has 136 valence electrons. The van der Waals surface area contributed by atoms with Gasteiger partial charge in [0.25, 0.3) is 11.6 Å². The Morgan fingerprint density at radius 3 is 2.63 bits per heavy atom. The van der Waals surface area contributed by atoms with Crippen LogP contribution in [0.25, 0.3) is 11.3 Å². The molecule has 0 saturated heterocycles. The number of para-hydroxylation sites is 1. The monoisotopic (exact) mass is 403 g/mol. The third-order valence-corrected chi connectivity index (χ3v) is 4.27. The van der Waals surface area contributed by atoms with Crippen molar-refractivity contribution in [1.29, 1.82) is 0 Å². The van der Waals surface area contributed by atoms with Crippen LogP contribution in [-0.2, 0) is 0 Å². The number of nitro groups is 1. The summed E-state index contributed by atoms with van der Waals surface area (Å²) in [5.74, 6) is 0.216. The van der Waals surface area contributed by atoms with Gasteiger partial charge in [-0.25, -0.2) is 5.43 Å². The van der Waals surface area contributed by atoms with E-state index in [1.807, 2.05) is 0 Å². The third kappa shape index (κ3) is 4.33. The Morgan fingerprint density at radius 2 is 1.89 bits per heavy atom. The smallest absolute Gasteiger partial charge is 0.282 e. The molecule has 0 saturated carbocycles. The number of rotatable bonds is 5. The lowest BCUT2D eigenvalue weighted by atomic mass is 10.2. The van der Waals surface area contributed by atoms with Gasteiger partial charge in [0.1, 0.15) is 17.1 Å². The summed E-state index contributed by atoms with van der Waals surface area (Å²) in [5.41, 5.74) is 2.58. The largest absolute Gasteiger partial charge is 0.455 e. The van der Waals surface area contributed by atoms with Crippen molar-refractivity contribution < 1.29 is 14.1 Å². The van der Waals surface area contributed by atoms with Crippen LogP contribution in [0.3, 0.4) is 0 Å². The van der Waals surface area contributed by atoms with E-state index in [2.05, 4.69) is 10.5 Å². The van der Waals surface area contributed by atoms with Gasteiger partial charge in [0.15, 0.2) is 0 Å². The average molecular weight is 404 g/mol. The van der Waals surface area contributed by atoms with Crippen molar-refractivity contribution in [2.45, 2.75) is 0 Å². The number of benzene rings is 2. The molecule has 0 aliphatic carbocycles. The molecule has 1 amide bonds. The van der Waals surface area contributed by atoms with Crippen molar-refractivity contribution in [2.24, 2.45) is 5.10 Å². The number of amides is 1. The van der Waals surface area contributed by atoms with Crippen molar-refractivity contribution in [1.82, 2.24) is 5.43 Å². The lowest BCUT2D eigenvalue weighted by molar-refractivity contribution is -0.385. The lowest BCUT2D eigenvalue weighted by Crippen LogP contribution is -2.18. The predicted molar refractivity (Wildman–Crippen MR) is 102 cm³/mol. The Bertz CT molecular complexity index is 1050. The summed E-state index contributed by atoms with van der Waals surface area (Å²) >= 11 is 11.9. The first-order valence-electron chi connectivity index (χ1n) is 7.58. The second-order valence-electron chi connectivity index (χ2n) is 5.30. The van der Waals surface area contributed by atoms with Crippen molar-refractivity contribution in [3.05, 3.63) is 86.1 Å². The Morgan fingerprint density at radius 1 is 1.11 bits per heavy atom. The molecule has 9 heteroatoms. The summed E-state index contributed by atoms with van der Waals surface area (Å²) in [7, 11) is 0. The molecule has 2 aromatic carbocycles. The molecule has 0 aliphatic rings. The summed E-state index contributed by atoms with van der Waals surface area (Å²) in [4.78, 5) is 22.4. The van der Waals surface area contributed by atoms with E-state index in [0.717, 1.165) is 5.56 Å². The van der Waals surface area contributed by atoms with Gasteiger partial charge in [0.2, 0.25) is 0 Å². The number of nitrogens with zero attached hydrogens (tertiary/aromatic N) is 2. The van der Waals surface area contributed by atoms with Crippen LogP contribution < -0.4 is 5.43 Å². The number of hydrogen-bond acceptors (Lipinski definition) is 5. The second-order valence-corrected chi connectivity index (χ2v) is 6.12. The zero-order valence-corrected chi connectivity index (χ0v) is 15.1. The van der Waals surface area contributed by atoms with Gasteiger partial charge in [0.05, 0.1) is 21.2 Å². The Kier molecular flexibility index (Phi) is 5.54. The molecule has 3 rings (SSSR count). The fourth-order valence-electron chi connectivity index (χ4n) is 2.27. The highest BCUT2D eigenvalue weighted by Gasteiger charge is 2.18. The highest BCUT2D eigenvalue weighted by Crippen LogP contribution is 2.29. The molecule has 0 unspecified atom stereocenters. The second kappa shape index (κ2) is 8.03. The molecule has 1 N–H and O–H groups in total. The number of hydrogen-bond donors (Lipinski definition) is 1. The van der Waals surface area contributed by atoms with Gasteiger partial charge >= 0.3 is 0 Å². The molecule has 27 heavy (non-hydrogen) atoms. The molecule has 0 bridgehead atoms. The van der Waals surface area contributed by atoms with E-state index in [-0.39, 0.29) is 11.3 Å². The number of halogens is 2. The van der Waals surface area contributed by atoms with E-state index in [1.54, 1.807) is 30.3 Å². The molecule has 1 aromatic heterocycles. The van der Waals surface area contributed by atoms with E-state index in [1.165, 1.54) is 30.5 Å². The molecule has 0 fully saturated rings. The van der Waals surface area contributed by atoms with Crippen molar-refractivity contribution in [3.63, 3.8) is 0 Å². The van der Waals surface area contributed by atoms with Gasteiger partial charge < -0.3 is 4.42 Å². The van der Waals surface area contributed by atoms with E-state index in [9.17, 15) is 14.9 Å². The van der Waals surface area contributed by atoms with Crippen LogP contribution in [0.2, 0.25) is 10.0 Å². The molecule has 7 nitrogen and oxygen atoms in total. The summed E-state index contributed by atoms with van der Waals surface area (Å²) in [6, 6.07) is 14.0. The van der Waals surface area contributed by atoms with E-state index >= 15 is 0 Å². The van der Waals surface area contributed by atoms with Gasteiger partial charge in [0, 0.05) is 11.6 Å². The minimum atomic E-state index is -0.699. The fraction of sp³-hybridized carbons (Fsp3) is 0. The van der Waals surface area contributed by atoms with Crippen molar-refractivity contribution in [2.75, 3.05) is 0 Å². The fourth-order valence-corrected chi connectivity index (χ4v) is 2.56. The van der Waals surface area contributed by atoms with Crippen LogP contribution in [0.4, 0.5) is 5.69 Å². The standard InChI is InChI=1S/C18H11Cl2N3O4/c19-14-7-5-11(9-15(14)20)17-8-6-12(27-17)10-21-22-18(24)13-3-1-2-4-16(13)23(25)26/h1-10H,(H,22,24)/b21-10-. The van der Waals surface area contributed by atoms with E-state index < -0.39 is 10.8 Å². The maximum Gasteiger partial charge on any atom is 0.282 e. The summed E-state index contributed by atoms with van der Waals surface area (Å²) in [6.07, 6.45) is 1.29. The molecular weight excluding hydrogens is 393 g/mol. The van der Waals surface area contributed by atoms with Crippen molar-refractivity contribution in [3.8, 4) is 11.3 Å².